The maximum Gasteiger partial charge on any atom is -0.0256 e. The number of rotatable bonds is 2. The first kappa shape index (κ1) is 8.76. The van der Waals surface area contributed by atoms with Gasteiger partial charge < -0.3 is 0 Å². The minimum absolute atomic E-state index is 1.23. The van der Waals surface area contributed by atoms with Crippen LogP contribution in [0.1, 0.15) is 11.1 Å². The van der Waals surface area contributed by atoms with Crippen LogP contribution in [-0.4, -0.2) is 0 Å². The Morgan fingerprint density at radius 3 is 1.21 bits per heavy atom. The Labute approximate surface area is 84.5 Å². The Balaban J connectivity index is 2.16. The van der Waals surface area contributed by atoms with Gasteiger partial charge in [0, 0.05) is 0 Å². The summed E-state index contributed by atoms with van der Waals surface area (Å²) in [6.45, 7) is 0. The van der Waals surface area contributed by atoms with Crippen molar-refractivity contribution >= 4 is 12.2 Å². The van der Waals surface area contributed by atoms with Crippen molar-refractivity contribution < 1.29 is 0 Å². The Morgan fingerprint density at radius 2 is 0.857 bits per heavy atom. The van der Waals surface area contributed by atoms with Gasteiger partial charge in [0.05, 0.1) is 0 Å². The van der Waals surface area contributed by atoms with Gasteiger partial charge in [-0.15, -0.1) is 0 Å². The highest BCUT2D eigenvalue weighted by atomic mass is 13.8. The summed E-state index contributed by atoms with van der Waals surface area (Å²) in [6, 6.07) is 20.6. The highest BCUT2D eigenvalue weighted by Crippen LogP contribution is 2.06. The van der Waals surface area contributed by atoms with E-state index < -0.39 is 0 Å². The smallest absolute Gasteiger partial charge is 0.0256 e. The van der Waals surface area contributed by atoms with Gasteiger partial charge in [0.1, 0.15) is 0 Å². The molecule has 0 aliphatic rings. The molecule has 0 N–H and O–H groups in total. The summed E-state index contributed by atoms with van der Waals surface area (Å²) < 4.78 is 0. The molecule has 0 nitrogen and oxygen atoms in total. The molecule has 0 unspecified atom stereocenters. The van der Waals surface area contributed by atoms with Gasteiger partial charge in [-0.25, -0.2) is 0 Å². The molecule has 0 atom stereocenters. The zero-order chi connectivity index (χ0) is 9.64. The van der Waals surface area contributed by atoms with E-state index in [0.717, 1.165) is 0 Å². The SMILES string of the molecule is C(=[11CH]\c1ccccc1)/c1ccccc1. The summed E-state index contributed by atoms with van der Waals surface area (Å²) in [6.07, 6.45) is 4.24. The molecule has 2 aromatic rings. The third kappa shape index (κ3) is 2.33. The molecule has 0 heterocycles. The zero-order valence-electron chi connectivity index (χ0n) is 7.93. The second-order valence-electron chi connectivity index (χ2n) is 3.15. The van der Waals surface area contributed by atoms with Crippen LogP contribution in [0, 0.1) is 0 Å². The molecular weight excluding hydrogens is 167 g/mol. The molecule has 0 radical (unpaired) electrons. The molecule has 2 aromatic carbocycles. The van der Waals surface area contributed by atoms with Crippen molar-refractivity contribution in [1.29, 1.82) is 0 Å². The van der Waals surface area contributed by atoms with E-state index >= 15 is 0 Å². The molecular formula is C14H12. The highest BCUT2D eigenvalue weighted by Gasteiger charge is 1.84. The second kappa shape index (κ2) is 4.43. The van der Waals surface area contributed by atoms with Crippen LogP contribution < -0.4 is 0 Å². The zero-order valence-corrected chi connectivity index (χ0v) is 7.93. The topological polar surface area (TPSA) is 0 Å². The van der Waals surface area contributed by atoms with E-state index in [4.69, 9.17) is 0 Å². The van der Waals surface area contributed by atoms with E-state index in [2.05, 4.69) is 36.4 Å². The average molecular weight is 179 g/mol. The van der Waals surface area contributed by atoms with E-state index in [0.29, 0.717) is 0 Å². The van der Waals surface area contributed by atoms with Crippen LogP contribution in [0.5, 0.6) is 0 Å². The Morgan fingerprint density at radius 1 is 0.500 bits per heavy atom. The maximum absolute atomic E-state index is 2.12. The van der Waals surface area contributed by atoms with Gasteiger partial charge in [0.2, 0.25) is 0 Å². The minimum atomic E-state index is 1.23. The van der Waals surface area contributed by atoms with Crippen LogP contribution in [0.25, 0.3) is 12.2 Å². The van der Waals surface area contributed by atoms with Crippen LogP contribution in [0.15, 0.2) is 60.7 Å². The number of hydrogen-bond acceptors (Lipinski definition) is 0. The normalized spacial score (nSPS) is 10.6. The molecule has 0 aliphatic carbocycles. The first-order valence-electron chi connectivity index (χ1n) is 4.73. The predicted molar refractivity (Wildman–Crippen MR) is 61.8 cm³/mol. The summed E-state index contributed by atoms with van der Waals surface area (Å²) in [5, 5.41) is 0. The lowest BCUT2D eigenvalue weighted by molar-refractivity contribution is 1.65. The summed E-state index contributed by atoms with van der Waals surface area (Å²) in [4.78, 5) is 0. The van der Waals surface area contributed by atoms with Crippen LogP contribution >= 0.6 is 0 Å². The van der Waals surface area contributed by atoms with Crippen molar-refractivity contribution in [2.24, 2.45) is 0 Å². The van der Waals surface area contributed by atoms with E-state index in [1.807, 2.05) is 36.4 Å². The molecule has 0 aliphatic heterocycles. The summed E-state index contributed by atoms with van der Waals surface area (Å²) in [5.41, 5.74) is 2.47. The van der Waals surface area contributed by atoms with Gasteiger partial charge >= 0.3 is 0 Å². The Bertz CT molecular complexity index is 357. The van der Waals surface area contributed by atoms with E-state index in [1.165, 1.54) is 11.1 Å². The Hall–Kier alpha value is -1.82. The minimum Gasteiger partial charge on any atom is -0.0622 e. The van der Waals surface area contributed by atoms with Gasteiger partial charge in [-0.05, 0) is 11.1 Å². The summed E-state index contributed by atoms with van der Waals surface area (Å²) in [5.74, 6) is 0. The number of hydrogen-bond donors (Lipinski definition) is 0. The van der Waals surface area contributed by atoms with Crippen molar-refractivity contribution in [3.05, 3.63) is 71.8 Å². The molecule has 0 heteroatoms. The third-order valence-electron chi connectivity index (χ3n) is 2.07. The molecule has 14 heavy (non-hydrogen) atoms. The molecule has 0 saturated carbocycles. The van der Waals surface area contributed by atoms with Gasteiger partial charge in [0.25, 0.3) is 0 Å². The van der Waals surface area contributed by atoms with Crippen LogP contribution in [0.4, 0.5) is 0 Å². The van der Waals surface area contributed by atoms with Crippen LogP contribution in [0.2, 0.25) is 0 Å². The molecule has 0 spiro atoms. The standard InChI is InChI=1S/C14H12/c1-3-7-13(8-4-1)11-12-14-9-5-2-6-10-14/h1-12H/b12-11+/i11-1. The summed E-state index contributed by atoms with van der Waals surface area (Å²) in [7, 11) is 0. The van der Waals surface area contributed by atoms with Crippen molar-refractivity contribution in [2.45, 2.75) is 0 Å². The fourth-order valence-corrected chi connectivity index (χ4v) is 1.32. The van der Waals surface area contributed by atoms with Crippen molar-refractivity contribution in [3.63, 3.8) is 0 Å². The van der Waals surface area contributed by atoms with Crippen molar-refractivity contribution in [2.75, 3.05) is 0 Å². The average Bonchev–Trinajstić information content (AvgIpc) is 2.29. The van der Waals surface area contributed by atoms with Crippen LogP contribution in [-0.2, 0) is 0 Å². The fraction of sp³-hybridized carbons (Fsp3) is 0. The molecule has 0 amide bonds. The largest absolute Gasteiger partial charge is 0.0622 e. The molecule has 0 aromatic heterocycles. The third-order valence-corrected chi connectivity index (χ3v) is 2.07. The molecule has 0 fully saturated rings. The number of benzene rings is 2. The lowest BCUT2D eigenvalue weighted by Gasteiger charge is -1.92. The van der Waals surface area contributed by atoms with E-state index in [1.54, 1.807) is 0 Å². The molecule has 2 rings (SSSR count). The molecule has 0 bridgehead atoms. The first-order chi connectivity index (χ1) is 6.95. The molecule has 68 valence electrons. The first-order valence-corrected chi connectivity index (χ1v) is 4.73. The predicted octanol–water partition coefficient (Wildman–Crippen LogP) is 3.86. The van der Waals surface area contributed by atoms with Gasteiger partial charge in [-0.1, -0.05) is 72.8 Å². The summed E-state index contributed by atoms with van der Waals surface area (Å²) >= 11 is 0. The monoisotopic (exact) mass is 179 g/mol. The lowest BCUT2D eigenvalue weighted by Crippen LogP contribution is -1.70. The quantitative estimate of drug-likeness (QED) is 0.614. The fourth-order valence-electron chi connectivity index (χ4n) is 1.32. The van der Waals surface area contributed by atoms with E-state index in [9.17, 15) is 0 Å². The van der Waals surface area contributed by atoms with Gasteiger partial charge in [-0.2, -0.15) is 0 Å². The Kier molecular flexibility index (Phi) is 2.77. The van der Waals surface area contributed by atoms with Crippen molar-refractivity contribution in [3.8, 4) is 0 Å². The van der Waals surface area contributed by atoms with Crippen LogP contribution in [0.3, 0.4) is 0 Å². The van der Waals surface area contributed by atoms with Gasteiger partial charge in [0.15, 0.2) is 0 Å². The molecule has 0 saturated heterocycles. The second-order valence-corrected chi connectivity index (χ2v) is 3.15. The van der Waals surface area contributed by atoms with Gasteiger partial charge in [-0.3, -0.25) is 0 Å². The van der Waals surface area contributed by atoms with Crippen molar-refractivity contribution in [1.82, 2.24) is 0 Å². The maximum atomic E-state index is 2.12. The van der Waals surface area contributed by atoms with E-state index in [-0.39, 0.29) is 0 Å². The highest BCUT2D eigenvalue weighted by molar-refractivity contribution is 5.69. The lowest BCUT2D eigenvalue weighted by atomic mass is 9.89.